The first-order valence-electron chi connectivity index (χ1n) is 7.78. The molecule has 27 heavy (non-hydrogen) atoms. The average Bonchev–Trinajstić information content (AvgIpc) is 2.66. The van der Waals surface area contributed by atoms with Gasteiger partial charge in [0.1, 0.15) is 11.6 Å². The van der Waals surface area contributed by atoms with Crippen LogP contribution in [0, 0.1) is 0 Å². The van der Waals surface area contributed by atoms with Gasteiger partial charge < -0.3 is 19.5 Å². The Kier molecular flexibility index (Phi) is 4.93. The molecule has 0 atom stereocenters. The van der Waals surface area contributed by atoms with E-state index in [4.69, 9.17) is 14.2 Å². The molecule has 0 fully saturated rings. The Morgan fingerprint density at radius 3 is 2.11 bits per heavy atom. The fourth-order valence-electron chi connectivity index (χ4n) is 2.55. The molecule has 0 spiro atoms. The number of hydrogen-bond donors (Lipinski definition) is 1. The lowest BCUT2D eigenvalue weighted by molar-refractivity contribution is -0.144. The van der Waals surface area contributed by atoms with Crippen molar-refractivity contribution >= 4 is 22.4 Å². The van der Waals surface area contributed by atoms with E-state index >= 15 is 0 Å². The van der Waals surface area contributed by atoms with E-state index in [1.54, 1.807) is 24.3 Å². The Morgan fingerprint density at radius 1 is 0.852 bits per heavy atom. The first kappa shape index (κ1) is 18.6. The van der Waals surface area contributed by atoms with Crippen molar-refractivity contribution in [3.05, 3.63) is 42.2 Å². The van der Waals surface area contributed by atoms with Crippen LogP contribution in [0.15, 0.2) is 36.4 Å². The van der Waals surface area contributed by atoms with Gasteiger partial charge in [-0.15, -0.1) is 0 Å². The molecule has 9 heteroatoms. The molecular weight excluding hydrogens is 363 g/mol. The Morgan fingerprint density at radius 2 is 1.48 bits per heavy atom. The van der Waals surface area contributed by atoms with E-state index in [0.717, 1.165) is 0 Å². The van der Waals surface area contributed by atoms with E-state index in [-0.39, 0.29) is 17.1 Å². The van der Waals surface area contributed by atoms with E-state index in [2.05, 4.69) is 15.3 Å². The second-order valence-corrected chi connectivity index (χ2v) is 5.44. The molecule has 1 N–H and O–H groups in total. The first-order chi connectivity index (χ1) is 12.9. The molecule has 0 unspecified atom stereocenters. The summed E-state index contributed by atoms with van der Waals surface area (Å²) < 4.78 is 55.5. The Hall–Kier alpha value is -3.23. The van der Waals surface area contributed by atoms with Gasteiger partial charge in [0.05, 0.1) is 32.5 Å². The lowest BCUT2D eigenvalue weighted by atomic mass is 10.2. The van der Waals surface area contributed by atoms with Crippen LogP contribution >= 0.6 is 0 Å². The van der Waals surface area contributed by atoms with Gasteiger partial charge in [0, 0.05) is 11.5 Å². The number of halogens is 3. The van der Waals surface area contributed by atoms with Crippen LogP contribution in [-0.4, -0.2) is 31.3 Å². The number of alkyl halides is 3. The van der Waals surface area contributed by atoms with Gasteiger partial charge in [0.25, 0.3) is 0 Å². The molecule has 3 aromatic rings. The monoisotopic (exact) mass is 379 g/mol. The number of benzene rings is 2. The van der Waals surface area contributed by atoms with Gasteiger partial charge in [0.15, 0.2) is 11.5 Å². The van der Waals surface area contributed by atoms with E-state index in [9.17, 15) is 13.2 Å². The average molecular weight is 379 g/mol. The van der Waals surface area contributed by atoms with Crippen molar-refractivity contribution in [2.45, 2.75) is 6.18 Å². The van der Waals surface area contributed by atoms with Gasteiger partial charge in [-0.2, -0.15) is 13.2 Å². The molecule has 0 saturated carbocycles. The topological polar surface area (TPSA) is 65.5 Å². The zero-order valence-corrected chi connectivity index (χ0v) is 14.7. The number of para-hydroxylation sites is 2. The first-order valence-corrected chi connectivity index (χ1v) is 7.78. The lowest BCUT2D eigenvalue weighted by Crippen LogP contribution is -2.13. The van der Waals surface area contributed by atoms with Crippen molar-refractivity contribution in [1.29, 1.82) is 0 Å². The van der Waals surface area contributed by atoms with Crippen LogP contribution in [0.3, 0.4) is 0 Å². The van der Waals surface area contributed by atoms with Gasteiger partial charge >= 0.3 is 6.18 Å². The molecule has 1 aromatic heterocycles. The van der Waals surface area contributed by atoms with Gasteiger partial charge in [-0.05, 0) is 18.2 Å². The fraction of sp³-hybridized carbons (Fsp3) is 0.222. The smallest absolute Gasteiger partial charge is 0.451 e. The molecule has 0 radical (unpaired) electrons. The normalized spacial score (nSPS) is 11.3. The van der Waals surface area contributed by atoms with Crippen molar-refractivity contribution in [2.24, 2.45) is 0 Å². The number of anilines is 2. The Labute approximate surface area is 152 Å². The molecule has 0 saturated heterocycles. The third kappa shape index (κ3) is 3.67. The predicted octanol–water partition coefficient (Wildman–Crippen LogP) is 4.42. The summed E-state index contributed by atoms with van der Waals surface area (Å²) in [5.74, 6) is -0.229. The molecule has 2 aromatic carbocycles. The van der Waals surface area contributed by atoms with E-state index < -0.39 is 12.0 Å². The van der Waals surface area contributed by atoms with Gasteiger partial charge in [0.2, 0.25) is 5.82 Å². The van der Waals surface area contributed by atoms with Crippen LogP contribution in [0.1, 0.15) is 5.82 Å². The largest absolute Gasteiger partial charge is 0.495 e. The number of nitrogens with one attached hydrogen (secondary N) is 1. The second kappa shape index (κ2) is 7.18. The molecule has 0 bridgehead atoms. The summed E-state index contributed by atoms with van der Waals surface area (Å²) >= 11 is 0. The molecule has 142 valence electrons. The minimum Gasteiger partial charge on any atom is -0.495 e. The number of ether oxygens (including phenoxy) is 3. The lowest BCUT2D eigenvalue weighted by Gasteiger charge is -2.16. The summed E-state index contributed by atoms with van der Waals surface area (Å²) in [7, 11) is 4.29. The van der Waals surface area contributed by atoms with Crippen LogP contribution in [0.5, 0.6) is 17.2 Å². The van der Waals surface area contributed by atoms with Crippen LogP contribution in [-0.2, 0) is 6.18 Å². The molecular formula is C18H16F3N3O3. The number of rotatable bonds is 5. The van der Waals surface area contributed by atoms with Crippen molar-refractivity contribution in [3.8, 4) is 17.2 Å². The van der Waals surface area contributed by atoms with E-state index in [0.29, 0.717) is 22.6 Å². The summed E-state index contributed by atoms with van der Waals surface area (Å²) in [5.41, 5.74) is 0.523. The van der Waals surface area contributed by atoms with Crippen molar-refractivity contribution in [2.75, 3.05) is 26.6 Å². The molecule has 0 aliphatic heterocycles. The van der Waals surface area contributed by atoms with Gasteiger partial charge in [-0.3, -0.25) is 0 Å². The Balaban J connectivity index is 2.24. The molecule has 0 aliphatic carbocycles. The zero-order chi connectivity index (χ0) is 19.6. The highest BCUT2D eigenvalue weighted by Crippen LogP contribution is 2.38. The predicted molar refractivity (Wildman–Crippen MR) is 93.9 cm³/mol. The third-order valence-electron chi connectivity index (χ3n) is 3.81. The highest BCUT2D eigenvalue weighted by molar-refractivity contribution is 5.93. The summed E-state index contributed by atoms with van der Waals surface area (Å²) in [6.07, 6.45) is -4.71. The maximum Gasteiger partial charge on any atom is 0.451 e. The minimum atomic E-state index is -4.71. The van der Waals surface area contributed by atoms with Crippen molar-refractivity contribution in [1.82, 2.24) is 9.97 Å². The van der Waals surface area contributed by atoms with E-state index in [1.165, 1.54) is 33.5 Å². The third-order valence-corrected chi connectivity index (χ3v) is 3.81. The summed E-state index contributed by atoms with van der Waals surface area (Å²) in [6.45, 7) is 0. The van der Waals surface area contributed by atoms with Gasteiger partial charge in [-0.25, -0.2) is 9.97 Å². The molecule has 3 rings (SSSR count). The van der Waals surface area contributed by atoms with Crippen LogP contribution in [0.4, 0.5) is 24.7 Å². The molecule has 1 heterocycles. The summed E-state index contributed by atoms with van der Waals surface area (Å²) in [6, 6.07) is 9.71. The number of hydrogen-bond acceptors (Lipinski definition) is 6. The Bertz CT molecular complexity index is 977. The van der Waals surface area contributed by atoms with Crippen LogP contribution in [0.25, 0.3) is 10.9 Å². The van der Waals surface area contributed by atoms with Crippen molar-refractivity contribution in [3.63, 3.8) is 0 Å². The SMILES string of the molecule is COc1ccccc1Nc1nc(C(F)(F)F)nc2cc(OC)c(OC)cc12. The number of nitrogens with zero attached hydrogens (tertiary/aromatic N) is 2. The fourth-order valence-corrected chi connectivity index (χ4v) is 2.55. The molecule has 6 nitrogen and oxygen atoms in total. The van der Waals surface area contributed by atoms with E-state index in [1.807, 2.05) is 0 Å². The zero-order valence-electron chi connectivity index (χ0n) is 14.7. The van der Waals surface area contributed by atoms with Crippen LogP contribution in [0.2, 0.25) is 0 Å². The standard InChI is InChI=1S/C18H16F3N3O3/c1-25-13-7-5-4-6-11(13)22-16-10-8-14(26-2)15(27-3)9-12(10)23-17(24-16)18(19,20)21/h4-9H,1-3H3,(H,22,23,24). The molecule has 0 amide bonds. The number of methoxy groups -OCH3 is 3. The highest BCUT2D eigenvalue weighted by atomic mass is 19.4. The summed E-state index contributed by atoms with van der Waals surface area (Å²) in [4.78, 5) is 7.31. The maximum absolute atomic E-state index is 13.3. The van der Waals surface area contributed by atoms with Gasteiger partial charge in [-0.1, -0.05) is 12.1 Å². The highest BCUT2D eigenvalue weighted by Gasteiger charge is 2.36. The minimum absolute atomic E-state index is 0.0298. The maximum atomic E-state index is 13.3. The summed E-state index contributed by atoms with van der Waals surface area (Å²) in [5, 5.41) is 3.23. The number of aromatic nitrogens is 2. The molecule has 0 aliphatic rings. The van der Waals surface area contributed by atoms with Crippen LogP contribution < -0.4 is 19.5 Å². The second-order valence-electron chi connectivity index (χ2n) is 5.44. The number of fused-ring (bicyclic) bond motifs is 1. The van der Waals surface area contributed by atoms with Crippen molar-refractivity contribution < 1.29 is 27.4 Å². The quantitative estimate of drug-likeness (QED) is 0.708.